The van der Waals surface area contributed by atoms with E-state index in [2.05, 4.69) is 40.9 Å². The van der Waals surface area contributed by atoms with Gasteiger partial charge in [-0.3, -0.25) is 14.7 Å². The summed E-state index contributed by atoms with van der Waals surface area (Å²) in [5.41, 5.74) is 2.83. The molecule has 1 atom stereocenters. The smallest absolute Gasteiger partial charge is 0.251 e. The lowest BCUT2D eigenvalue weighted by Crippen LogP contribution is -2.41. The van der Waals surface area contributed by atoms with Gasteiger partial charge in [0.25, 0.3) is 12.3 Å². The standard InChI is InChI=1S/C29H32F3N9O/c1-17(20-3-4-22(30)26-21(28(42)33-2)5-8-34-27(20)26)12-35-25-11-23(38-16-39-25)18-13-36-29(37-14-18)40-19-6-9-41(10-7-19)15-24(31)32/h3-5,8,11,13-14,16-17,19,24H,6-7,9-10,12,15H2,1-2H3,(H,33,42)(H,35,38,39)(H,36,37,40)/t17-/m1/s1. The van der Waals surface area contributed by atoms with Crippen molar-refractivity contribution < 1.29 is 18.0 Å². The van der Waals surface area contributed by atoms with E-state index in [1.165, 1.54) is 31.7 Å². The minimum atomic E-state index is -2.32. The summed E-state index contributed by atoms with van der Waals surface area (Å²) in [5, 5.41) is 9.34. The largest absolute Gasteiger partial charge is 0.369 e. The molecule has 1 fully saturated rings. The number of benzene rings is 1. The molecule has 0 radical (unpaired) electrons. The van der Waals surface area contributed by atoms with Crippen molar-refractivity contribution in [2.75, 3.05) is 43.9 Å². The van der Waals surface area contributed by atoms with Gasteiger partial charge in [0.05, 0.1) is 23.3 Å². The zero-order chi connectivity index (χ0) is 29.6. The van der Waals surface area contributed by atoms with E-state index in [0.717, 1.165) is 18.4 Å². The van der Waals surface area contributed by atoms with Crippen LogP contribution in [0.1, 0.15) is 41.6 Å². The molecule has 42 heavy (non-hydrogen) atoms. The predicted molar refractivity (Wildman–Crippen MR) is 154 cm³/mol. The van der Waals surface area contributed by atoms with E-state index in [9.17, 15) is 18.0 Å². The Morgan fingerprint density at radius 1 is 1.07 bits per heavy atom. The monoisotopic (exact) mass is 579 g/mol. The number of piperidine rings is 1. The Labute approximate surface area is 241 Å². The van der Waals surface area contributed by atoms with Crippen molar-refractivity contribution in [3.05, 3.63) is 66.1 Å². The summed E-state index contributed by atoms with van der Waals surface area (Å²) in [6, 6.07) is 6.48. The van der Waals surface area contributed by atoms with Gasteiger partial charge in [0.15, 0.2) is 0 Å². The van der Waals surface area contributed by atoms with Crippen molar-refractivity contribution in [2.45, 2.75) is 38.2 Å². The highest BCUT2D eigenvalue weighted by Gasteiger charge is 2.22. The first-order valence-corrected chi connectivity index (χ1v) is 13.8. The predicted octanol–water partition coefficient (Wildman–Crippen LogP) is 4.34. The van der Waals surface area contributed by atoms with Crippen LogP contribution >= 0.6 is 0 Å². The molecule has 4 aromatic rings. The molecule has 10 nitrogen and oxygen atoms in total. The number of pyridine rings is 1. The van der Waals surface area contributed by atoms with Gasteiger partial charge in [-0.15, -0.1) is 0 Å². The molecule has 0 unspecified atom stereocenters. The van der Waals surface area contributed by atoms with Crippen molar-refractivity contribution in [1.82, 2.24) is 35.1 Å². The average Bonchev–Trinajstić information content (AvgIpc) is 3.00. The van der Waals surface area contributed by atoms with Crippen LogP contribution in [0.4, 0.5) is 24.9 Å². The molecule has 4 heterocycles. The van der Waals surface area contributed by atoms with Gasteiger partial charge in [0.1, 0.15) is 18.0 Å². The summed E-state index contributed by atoms with van der Waals surface area (Å²) in [6.45, 7) is 3.49. The van der Waals surface area contributed by atoms with E-state index in [0.29, 0.717) is 48.2 Å². The molecule has 0 saturated carbocycles. The highest BCUT2D eigenvalue weighted by Crippen LogP contribution is 2.29. The van der Waals surface area contributed by atoms with Gasteiger partial charge in [0, 0.05) is 74.2 Å². The number of likely N-dealkylation sites (tertiary alicyclic amines) is 1. The van der Waals surface area contributed by atoms with E-state index >= 15 is 0 Å². The molecule has 1 aromatic carbocycles. The summed E-state index contributed by atoms with van der Waals surface area (Å²) in [5.74, 6) is 0.107. The van der Waals surface area contributed by atoms with Crippen LogP contribution < -0.4 is 16.0 Å². The van der Waals surface area contributed by atoms with E-state index in [1.807, 2.05) is 6.92 Å². The number of rotatable bonds is 10. The first-order valence-electron chi connectivity index (χ1n) is 13.8. The molecular formula is C29H32F3N9O. The van der Waals surface area contributed by atoms with Crippen LogP contribution in [0.25, 0.3) is 22.2 Å². The highest BCUT2D eigenvalue weighted by molar-refractivity contribution is 6.06. The Morgan fingerprint density at radius 3 is 2.55 bits per heavy atom. The van der Waals surface area contributed by atoms with Crippen LogP contribution in [0.3, 0.4) is 0 Å². The fourth-order valence-corrected chi connectivity index (χ4v) is 5.12. The number of halogens is 3. The third kappa shape index (κ3) is 6.73. The molecule has 0 spiro atoms. The van der Waals surface area contributed by atoms with Crippen LogP contribution in [0.15, 0.2) is 49.2 Å². The van der Waals surface area contributed by atoms with Crippen LogP contribution in [0.2, 0.25) is 0 Å². The maximum absolute atomic E-state index is 14.7. The number of fused-ring (bicyclic) bond motifs is 1. The van der Waals surface area contributed by atoms with E-state index < -0.39 is 12.2 Å². The molecule has 1 saturated heterocycles. The first kappa shape index (κ1) is 29.1. The number of anilines is 2. The van der Waals surface area contributed by atoms with Gasteiger partial charge in [0.2, 0.25) is 5.95 Å². The summed E-state index contributed by atoms with van der Waals surface area (Å²) in [4.78, 5) is 36.0. The van der Waals surface area contributed by atoms with Gasteiger partial charge < -0.3 is 16.0 Å². The molecule has 5 rings (SSSR count). The number of alkyl halides is 2. The van der Waals surface area contributed by atoms with Crippen molar-refractivity contribution in [3.8, 4) is 11.3 Å². The molecule has 1 aliphatic rings. The number of hydrogen-bond acceptors (Lipinski definition) is 9. The number of carbonyl (C=O) groups excluding carboxylic acids is 1. The molecular weight excluding hydrogens is 547 g/mol. The third-order valence-electron chi connectivity index (χ3n) is 7.40. The molecule has 1 aliphatic heterocycles. The summed E-state index contributed by atoms with van der Waals surface area (Å²) in [7, 11) is 1.50. The highest BCUT2D eigenvalue weighted by atomic mass is 19.3. The van der Waals surface area contributed by atoms with Gasteiger partial charge in [-0.05, 0) is 30.5 Å². The molecule has 13 heteroatoms. The molecule has 0 bridgehead atoms. The number of hydrogen-bond donors (Lipinski definition) is 3. The number of aromatic nitrogens is 5. The Morgan fingerprint density at radius 2 is 1.83 bits per heavy atom. The number of amides is 1. The van der Waals surface area contributed by atoms with Crippen LogP contribution in [0.5, 0.6) is 0 Å². The van der Waals surface area contributed by atoms with Gasteiger partial charge in [-0.25, -0.2) is 33.1 Å². The number of nitrogens with one attached hydrogen (secondary N) is 3. The van der Waals surface area contributed by atoms with Gasteiger partial charge in [-0.2, -0.15) is 0 Å². The lowest BCUT2D eigenvalue weighted by Gasteiger charge is -2.31. The van der Waals surface area contributed by atoms with Crippen molar-refractivity contribution in [1.29, 1.82) is 0 Å². The number of nitrogens with zero attached hydrogens (tertiary/aromatic N) is 6. The van der Waals surface area contributed by atoms with Crippen molar-refractivity contribution in [3.63, 3.8) is 0 Å². The average molecular weight is 580 g/mol. The fourth-order valence-electron chi connectivity index (χ4n) is 5.12. The summed E-state index contributed by atoms with van der Waals surface area (Å²) in [6.07, 6.45) is 5.49. The topological polar surface area (TPSA) is 121 Å². The first-order chi connectivity index (χ1) is 20.3. The molecule has 0 aliphatic carbocycles. The molecule has 3 N–H and O–H groups in total. The van der Waals surface area contributed by atoms with Crippen LogP contribution in [0, 0.1) is 5.82 Å². The van der Waals surface area contributed by atoms with Gasteiger partial charge >= 0.3 is 0 Å². The lowest BCUT2D eigenvalue weighted by atomic mass is 9.95. The number of carbonyl (C=O) groups is 1. The van der Waals surface area contributed by atoms with E-state index in [4.69, 9.17) is 0 Å². The lowest BCUT2D eigenvalue weighted by molar-refractivity contribution is 0.0769. The Balaban J connectivity index is 1.22. The van der Waals surface area contributed by atoms with Crippen LogP contribution in [-0.4, -0.2) is 81.4 Å². The van der Waals surface area contributed by atoms with Gasteiger partial charge in [-0.1, -0.05) is 13.0 Å². The second kappa shape index (κ2) is 13.1. The fraction of sp³-hybridized carbons (Fsp3) is 0.379. The van der Waals surface area contributed by atoms with E-state index in [1.54, 1.807) is 29.4 Å². The molecule has 1 amide bonds. The minimum absolute atomic E-state index is 0.0881. The second-order valence-corrected chi connectivity index (χ2v) is 10.3. The molecule has 3 aromatic heterocycles. The second-order valence-electron chi connectivity index (χ2n) is 10.3. The Bertz CT molecular complexity index is 1530. The maximum atomic E-state index is 14.7. The SMILES string of the molecule is CNC(=O)c1ccnc2c([C@H](C)CNc3cc(-c4cnc(NC5CCN(CC(F)F)CC5)nc4)ncn3)ccc(F)c12. The Kier molecular flexibility index (Phi) is 9.06. The van der Waals surface area contributed by atoms with Crippen LogP contribution in [-0.2, 0) is 0 Å². The van der Waals surface area contributed by atoms with E-state index in [-0.39, 0.29) is 35.4 Å². The zero-order valence-corrected chi connectivity index (χ0v) is 23.3. The normalized spacial score (nSPS) is 15.1. The molecule has 220 valence electrons. The summed E-state index contributed by atoms with van der Waals surface area (Å²) < 4.78 is 40.0. The Hall–Kier alpha value is -4.39. The third-order valence-corrected chi connectivity index (χ3v) is 7.40. The quantitative estimate of drug-likeness (QED) is 0.252. The maximum Gasteiger partial charge on any atom is 0.251 e. The van der Waals surface area contributed by atoms with Crippen molar-refractivity contribution >= 4 is 28.6 Å². The van der Waals surface area contributed by atoms with Crippen molar-refractivity contribution in [2.24, 2.45) is 0 Å². The minimum Gasteiger partial charge on any atom is -0.369 e. The zero-order valence-electron chi connectivity index (χ0n) is 23.3. The summed E-state index contributed by atoms with van der Waals surface area (Å²) >= 11 is 0.